The fourth-order valence-electron chi connectivity index (χ4n) is 2.96. The van der Waals surface area contributed by atoms with E-state index < -0.39 is 0 Å². The predicted molar refractivity (Wildman–Crippen MR) is 85.0 cm³/mol. The molecule has 2 unspecified atom stereocenters. The van der Waals surface area contributed by atoms with E-state index in [1.165, 1.54) is 11.5 Å². The molecule has 1 aromatic heterocycles. The van der Waals surface area contributed by atoms with Gasteiger partial charge in [-0.05, 0) is 23.7 Å². The van der Waals surface area contributed by atoms with Gasteiger partial charge in [-0.3, -0.25) is 4.79 Å². The summed E-state index contributed by atoms with van der Waals surface area (Å²) < 4.78 is 9.81. The van der Waals surface area contributed by atoms with Gasteiger partial charge in [0.15, 0.2) is 5.69 Å². The molecule has 0 saturated heterocycles. The van der Waals surface area contributed by atoms with E-state index in [1.807, 2.05) is 37.4 Å². The first-order chi connectivity index (χ1) is 10.5. The van der Waals surface area contributed by atoms with Gasteiger partial charge in [-0.25, -0.2) is 0 Å². The van der Waals surface area contributed by atoms with Crippen LogP contribution in [0, 0.1) is 5.41 Å². The molecular weight excluding hydrogens is 298 g/mol. The first-order valence-electron chi connectivity index (χ1n) is 7.26. The maximum absolute atomic E-state index is 12.4. The Bertz CT molecular complexity index is 643. The molecule has 0 aliphatic heterocycles. The van der Waals surface area contributed by atoms with E-state index in [9.17, 15) is 4.79 Å². The molecule has 2 aromatic rings. The lowest BCUT2D eigenvalue weighted by Crippen LogP contribution is -2.63. The Labute approximate surface area is 134 Å². The van der Waals surface area contributed by atoms with E-state index in [0.29, 0.717) is 5.69 Å². The SMILES string of the molecule is CN(C(=O)c1csnn1)C1CC(Oc2ccccc2)C1(C)C. The van der Waals surface area contributed by atoms with Crippen molar-refractivity contribution in [2.45, 2.75) is 32.4 Å². The summed E-state index contributed by atoms with van der Waals surface area (Å²) in [5.41, 5.74) is 0.305. The van der Waals surface area contributed by atoms with E-state index in [2.05, 4.69) is 23.4 Å². The van der Waals surface area contributed by atoms with E-state index in [-0.39, 0.29) is 23.5 Å². The van der Waals surface area contributed by atoms with Crippen molar-refractivity contribution in [3.05, 3.63) is 41.4 Å². The van der Waals surface area contributed by atoms with Gasteiger partial charge in [0, 0.05) is 30.3 Å². The number of carbonyl (C=O) groups excluding carboxylic acids is 1. The predicted octanol–water partition coefficient (Wildman–Crippen LogP) is 2.86. The zero-order valence-electron chi connectivity index (χ0n) is 12.9. The molecule has 1 aliphatic carbocycles. The zero-order valence-corrected chi connectivity index (χ0v) is 13.7. The van der Waals surface area contributed by atoms with Crippen LogP contribution in [0.3, 0.4) is 0 Å². The standard InChI is InChI=1S/C16H19N3O2S/c1-16(2)13(19(3)15(20)12-10-22-18-17-12)9-14(16)21-11-7-5-4-6-8-11/h4-8,10,13-14H,9H2,1-3H3. The molecule has 0 N–H and O–H groups in total. The lowest BCUT2D eigenvalue weighted by atomic mass is 9.63. The third-order valence-electron chi connectivity index (χ3n) is 4.51. The molecule has 1 heterocycles. The van der Waals surface area contributed by atoms with Gasteiger partial charge >= 0.3 is 0 Å². The monoisotopic (exact) mass is 317 g/mol. The maximum atomic E-state index is 12.4. The summed E-state index contributed by atoms with van der Waals surface area (Å²) in [6, 6.07) is 9.94. The molecule has 0 radical (unpaired) electrons. The molecule has 1 aromatic carbocycles. The molecule has 5 nitrogen and oxygen atoms in total. The molecule has 2 atom stereocenters. The highest BCUT2D eigenvalue weighted by atomic mass is 32.1. The molecule has 22 heavy (non-hydrogen) atoms. The Balaban J connectivity index is 1.67. The second-order valence-electron chi connectivity index (χ2n) is 6.20. The van der Waals surface area contributed by atoms with Gasteiger partial charge in [0.1, 0.15) is 11.9 Å². The highest BCUT2D eigenvalue weighted by molar-refractivity contribution is 7.03. The number of nitrogens with zero attached hydrogens (tertiary/aromatic N) is 3. The van der Waals surface area contributed by atoms with Crippen molar-refractivity contribution in [2.75, 3.05) is 7.05 Å². The van der Waals surface area contributed by atoms with Gasteiger partial charge in [0.2, 0.25) is 0 Å². The number of ether oxygens (including phenoxy) is 1. The molecular formula is C16H19N3O2S. The lowest BCUT2D eigenvalue weighted by Gasteiger charge is -2.54. The van der Waals surface area contributed by atoms with Crippen molar-refractivity contribution in [3.8, 4) is 5.75 Å². The van der Waals surface area contributed by atoms with Crippen molar-refractivity contribution in [3.63, 3.8) is 0 Å². The van der Waals surface area contributed by atoms with Crippen molar-refractivity contribution in [1.29, 1.82) is 0 Å². The molecule has 0 bridgehead atoms. The van der Waals surface area contributed by atoms with E-state index in [4.69, 9.17) is 4.74 Å². The minimum Gasteiger partial charge on any atom is -0.490 e. The van der Waals surface area contributed by atoms with E-state index in [1.54, 1.807) is 10.3 Å². The summed E-state index contributed by atoms with van der Waals surface area (Å²) in [6.45, 7) is 4.27. The number of carbonyl (C=O) groups is 1. The summed E-state index contributed by atoms with van der Waals surface area (Å²) >= 11 is 1.19. The summed E-state index contributed by atoms with van der Waals surface area (Å²) in [4.78, 5) is 14.1. The Morgan fingerprint density at radius 3 is 2.68 bits per heavy atom. The third kappa shape index (κ3) is 2.59. The van der Waals surface area contributed by atoms with Crippen molar-refractivity contribution < 1.29 is 9.53 Å². The second kappa shape index (κ2) is 5.68. The molecule has 1 fully saturated rings. The van der Waals surface area contributed by atoms with Crippen LogP contribution >= 0.6 is 11.5 Å². The van der Waals surface area contributed by atoms with E-state index in [0.717, 1.165) is 12.2 Å². The van der Waals surface area contributed by atoms with Crippen LogP contribution in [0.2, 0.25) is 0 Å². The summed E-state index contributed by atoms with van der Waals surface area (Å²) in [7, 11) is 1.83. The van der Waals surface area contributed by atoms with Crippen molar-refractivity contribution in [2.24, 2.45) is 5.41 Å². The Morgan fingerprint density at radius 2 is 2.09 bits per heavy atom. The van der Waals surface area contributed by atoms with Crippen LogP contribution in [0.4, 0.5) is 0 Å². The van der Waals surface area contributed by atoms with Crippen LogP contribution < -0.4 is 4.74 Å². The number of aromatic nitrogens is 2. The minimum absolute atomic E-state index is 0.0787. The molecule has 1 amide bonds. The Kier molecular flexibility index (Phi) is 3.87. The van der Waals surface area contributed by atoms with Crippen LogP contribution in [0.15, 0.2) is 35.7 Å². The quantitative estimate of drug-likeness (QED) is 0.870. The molecule has 1 saturated carbocycles. The van der Waals surface area contributed by atoms with E-state index >= 15 is 0 Å². The molecule has 3 rings (SSSR count). The van der Waals surface area contributed by atoms with Gasteiger partial charge < -0.3 is 9.64 Å². The molecule has 116 valence electrons. The Hall–Kier alpha value is -1.95. The number of benzene rings is 1. The molecule has 1 aliphatic rings. The van der Waals surface area contributed by atoms with Gasteiger partial charge in [-0.15, -0.1) is 5.10 Å². The van der Waals surface area contributed by atoms with Gasteiger partial charge in [0.25, 0.3) is 5.91 Å². The highest BCUT2D eigenvalue weighted by Crippen LogP contribution is 2.45. The normalized spacial score (nSPS) is 22.7. The maximum Gasteiger partial charge on any atom is 0.275 e. The fourth-order valence-corrected chi connectivity index (χ4v) is 3.39. The smallest absolute Gasteiger partial charge is 0.275 e. The number of hydrogen-bond donors (Lipinski definition) is 0. The average molecular weight is 317 g/mol. The minimum atomic E-state index is -0.107. The van der Waals surface area contributed by atoms with Gasteiger partial charge in [0.05, 0.1) is 0 Å². The second-order valence-corrected chi connectivity index (χ2v) is 6.81. The van der Waals surface area contributed by atoms with Crippen molar-refractivity contribution >= 4 is 17.4 Å². The van der Waals surface area contributed by atoms with Crippen LogP contribution in [-0.2, 0) is 0 Å². The van der Waals surface area contributed by atoms with Gasteiger partial charge in [-0.1, -0.05) is 36.5 Å². The summed E-state index contributed by atoms with van der Waals surface area (Å²) in [6.07, 6.45) is 0.922. The summed E-state index contributed by atoms with van der Waals surface area (Å²) in [5, 5.41) is 5.54. The van der Waals surface area contributed by atoms with Crippen LogP contribution in [0.25, 0.3) is 0 Å². The topological polar surface area (TPSA) is 55.3 Å². The van der Waals surface area contributed by atoms with Gasteiger partial charge in [-0.2, -0.15) is 0 Å². The number of hydrogen-bond acceptors (Lipinski definition) is 5. The largest absolute Gasteiger partial charge is 0.490 e. The van der Waals surface area contributed by atoms with Crippen molar-refractivity contribution in [1.82, 2.24) is 14.5 Å². The first-order valence-corrected chi connectivity index (χ1v) is 8.09. The summed E-state index contributed by atoms with van der Waals surface area (Å²) in [5.74, 6) is 0.793. The Morgan fingerprint density at radius 1 is 1.36 bits per heavy atom. The number of amides is 1. The number of para-hydroxylation sites is 1. The fraction of sp³-hybridized carbons (Fsp3) is 0.438. The highest BCUT2D eigenvalue weighted by Gasteiger charge is 2.53. The van der Waals surface area contributed by atoms with Crippen LogP contribution in [0.1, 0.15) is 30.8 Å². The zero-order chi connectivity index (χ0) is 15.7. The first kappa shape index (κ1) is 15.0. The third-order valence-corrected chi connectivity index (χ3v) is 5.02. The number of rotatable bonds is 4. The van der Waals surface area contributed by atoms with Crippen LogP contribution in [-0.4, -0.2) is 39.6 Å². The average Bonchev–Trinajstić information content (AvgIpc) is 3.05. The lowest BCUT2D eigenvalue weighted by molar-refractivity contribution is -0.0887. The molecule has 6 heteroatoms. The molecule has 0 spiro atoms. The van der Waals surface area contributed by atoms with Crippen LogP contribution in [0.5, 0.6) is 5.75 Å².